The van der Waals surface area contributed by atoms with Crippen LogP contribution in [0, 0.1) is 18.6 Å². The second-order valence-corrected chi connectivity index (χ2v) is 4.25. The Kier molecular flexibility index (Phi) is 3.77. The van der Waals surface area contributed by atoms with Crippen molar-refractivity contribution < 1.29 is 8.78 Å². The standard InChI is InChI=1S/C13H11ClF2N2/c1-8-4-5-17-13(14)12(8)18-7-9-2-3-10(15)11(16)6-9/h2-6,18H,7H2,1H3. The van der Waals surface area contributed by atoms with Gasteiger partial charge in [-0.1, -0.05) is 17.7 Å². The lowest BCUT2D eigenvalue weighted by Crippen LogP contribution is -2.03. The summed E-state index contributed by atoms with van der Waals surface area (Å²) < 4.78 is 25.8. The molecular formula is C13H11ClF2N2. The molecule has 94 valence electrons. The van der Waals surface area contributed by atoms with Gasteiger partial charge in [0.2, 0.25) is 0 Å². The number of aryl methyl sites for hydroxylation is 1. The van der Waals surface area contributed by atoms with Crippen LogP contribution in [0.15, 0.2) is 30.5 Å². The zero-order chi connectivity index (χ0) is 13.1. The highest BCUT2D eigenvalue weighted by Gasteiger charge is 2.06. The quantitative estimate of drug-likeness (QED) is 0.853. The van der Waals surface area contributed by atoms with Crippen LogP contribution in [0.2, 0.25) is 5.15 Å². The Labute approximate surface area is 109 Å². The highest BCUT2D eigenvalue weighted by molar-refractivity contribution is 6.32. The second-order valence-electron chi connectivity index (χ2n) is 3.90. The van der Waals surface area contributed by atoms with Crippen LogP contribution in [0.1, 0.15) is 11.1 Å². The molecule has 1 aromatic heterocycles. The Balaban J connectivity index is 2.14. The largest absolute Gasteiger partial charge is 0.378 e. The number of hydrogen-bond donors (Lipinski definition) is 1. The van der Waals surface area contributed by atoms with E-state index >= 15 is 0 Å². The van der Waals surface area contributed by atoms with E-state index in [9.17, 15) is 8.78 Å². The zero-order valence-corrected chi connectivity index (χ0v) is 10.4. The lowest BCUT2D eigenvalue weighted by molar-refractivity contribution is 0.507. The van der Waals surface area contributed by atoms with Crippen molar-refractivity contribution in [2.75, 3.05) is 5.32 Å². The zero-order valence-electron chi connectivity index (χ0n) is 9.67. The first-order chi connectivity index (χ1) is 8.58. The Hall–Kier alpha value is -1.68. The molecule has 0 spiro atoms. The molecule has 1 N–H and O–H groups in total. The Morgan fingerprint density at radius 1 is 1.22 bits per heavy atom. The molecule has 2 nitrogen and oxygen atoms in total. The summed E-state index contributed by atoms with van der Waals surface area (Å²) in [5.74, 6) is -1.71. The molecule has 0 aliphatic heterocycles. The van der Waals surface area contributed by atoms with Crippen LogP contribution in [-0.4, -0.2) is 4.98 Å². The maximum Gasteiger partial charge on any atom is 0.159 e. The van der Waals surface area contributed by atoms with E-state index in [4.69, 9.17) is 11.6 Å². The van der Waals surface area contributed by atoms with Crippen LogP contribution in [0.5, 0.6) is 0 Å². The molecule has 0 fully saturated rings. The van der Waals surface area contributed by atoms with Crippen LogP contribution < -0.4 is 5.32 Å². The average molecular weight is 269 g/mol. The van der Waals surface area contributed by atoms with Gasteiger partial charge in [-0.15, -0.1) is 0 Å². The molecule has 0 aliphatic carbocycles. The fraction of sp³-hybridized carbons (Fsp3) is 0.154. The molecule has 0 saturated carbocycles. The minimum atomic E-state index is -0.858. The van der Waals surface area contributed by atoms with Gasteiger partial charge in [-0.3, -0.25) is 0 Å². The third-order valence-corrected chi connectivity index (χ3v) is 2.85. The van der Waals surface area contributed by atoms with Crippen LogP contribution in [0.25, 0.3) is 0 Å². The number of nitrogens with one attached hydrogen (secondary N) is 1. The van der Waals surface area contributed by atoms with Crippen molar-refractivity contribution in [2.45, 2.75) is 13.5 Å². The van der Waals surface area contributed by atoms with E-state index in [0.29, 0.717) is 22.9 Å². The molecule has 2 aromatic rings. The van der Waals surface area contributed by atoms with Crippen LogP contribution in [-0.2, 0) is 6.54 Å². The van der Waals surface area contributed by atoms with Gasteiger partial charge in [0.15, 0.2) is 16.8 Å². The second kappa shape index (κ2) is 5.31. The Morgan fingerprint density at radius 3 is 2.67 bits per heavy atom. The summed E-state index contributed by atoms with van der Waals surface area (Å²) in [6, 6.07) is 5.59. The molecule has 0 aliphatic rings. The number of aromatic nitrogens is 1. The van der Waals surface area contributed by atoms with Crippen molar-refractivity contribution in [3.05, 3.63) is 58.4 Å². The number of nitrogens with zero attached hydrogens (tertiary/aromatic N) is 1. The van der Waals surface area contributed by atoms with Crippen molar-refractivity contribution in [3.63, 3.8) is 0 Å². The molecule has 5 heteroatoms. The van der Waals surface area contributed by atoms with Crippen molar-refractivity contribution in [1.82, 2.24) is 4.98 Å². The summed E-state index contributed by atoms with van der Waals surface area (Å²) in [6.07, 6.45) is 1.61. The smallest absolute Gasteiger partial charge is 0.159 e. The molecule has 2 rings (SSSR count). The molecule has 0 saturated heterocycles. The highest BCUT2D eigenvalue weighted by atomic mass is 35.5. The number of halogens is 3. The molecule has 0 unspecified atom stereocenters. The number of benzene rings is 1. The summed E-state index contributed by atoms with van der Waals surface area (Å²) >= 11 is 5.94. The fourth-order valence-corrected chi connectivity index (χ4v) is 1.85. The predicted molar refractivity (Wildman–Crippen MR) is 67.7 cm³/mol. The average Bonchev–Trinajstić information content (AvgIpc) is 2.33. The van der Waals surface area contributed by atoms with E-state index < -0.39 is 11.6 Å². The number of pyridine rings is 1. The van der Waals surface area contributed by atoms with Crippen molar-refractivity contribution in [3.8, 4) is 0 Å². The first kappa shape index (κ1) is 12.8. The number of anilines is 1. The highest BCUT2D eigenvalue weighted by Crippen LogP contribution is 2.23. The first-order valence-corrected chi connectivity index (χ1v) is 5.74. The molecular weight excluding hydrogens is 258 g/mol. The fourth-order valence-electron chi connectivity index (χ4n) is 1.58. The maximum absolute atomic E-state index is 13.0. The molecule has 0 radical (unpaired) electrons. The summed E-state index contributed by atoms with van der Waals surface area (Å²) in [6.45, 7) is 2.24. The van der Waals surface area contributed by atoms with Gasteiger partial charge >= 0.3 is 0 Å². The predicted octanol–water partition coefficient (Wildman–Crippen LogP) is 3.93. The molecule has 0 amide bonds. The number of rotatable bonds is 3. The van der Waals surface area contributed by atoms with Gasteiger partial charge in [-0.25, -0.2) is 13.8 Å². The van der Waals surface area contributed by atoms with E-state index in [-0.39, 0.29) is 0 Å². The molecule has 1 heterocycles. The van der Waals surface area contributed by atoms with Crippen molar-refractivity contribution in [2.24, 2.45) is 0 Å². The van der Waals surface area contributed by atoms with E-state index in [1.165, 1.54) is 6.07 Å². The Bertz CT molecular complexity index is 553. The van der Waals surface area contributed by atoms with E-state index in [0.717, 1.165) is 17.7 Å². The Morgan fingerprint density at radius 2 is 2.00 bits per heavy atom. The van der Waals surface area contributed by atoms with E-state index in [2.05, 4.69) is 10.3 Å². The summed E-state index contributed by atoms with van der Waals surface area (Å²) in [5, 5.41) is 3.42. The summed E-state index contributed by atoms with van der Waals surface area (Å²) in [4.78, 5) is 3.95. The normalized spacial score (nSPS) is 10.4. The van der Waals surface area contributed by atoms with Crippen molar-refractivity contribution in [1.29, 1.82) is 0 Å². The van der Waals surface area contributed by atoms with Crippen LogP contribution >= 0.6 is 11.6 Å². The molecule has 0 bridgehead atoms. The third-order valence-electron chi connectivity index (χ3n) is 2.57. The van der Waals surface area contributed by atoms with Gasteiger partial charge < -0.3 is 5.32 Å². The molecule has 1 aromatic carbocycles. The van der Waals surface area contributed by atoms with E-state index in [1.54, 1.807) is 6.20 Å². The van der Waals surface area contributed by atoms with Gasteiger partial charge in [-0.2, -0.15) is 0 Å². The van der Waals surface area contributed by atoms with Crippen LogP contribution in [0.4, 0.5) is 14.5 Å². The lowest BCUT2D eigenvalue weighted by atomic mass is 10.2. The molecule has 0 atom stereocenters. The van der Waals surface area contributed by atoms with Gasteiger partial charge in [0.05, 0.1) is 5.69 Å². The minimum absolute atomic E-state index is 0.351. The lowest BCUT2D eigenvalue weighted by Gasteiger charge is -2.10. The van der Waals surface area contributed by atoms with Gasteiger partial charge in [0.1, 0.15) is 0 Å². The molecule has 18 heavy (non-hydrogen) atoms. The number of hydrogen-bond acceptors (Lipinski definition) is 2. The topological polar surface area (TPSA) is 24.9 Å². The SMILES string of the molecule is Cc1ccnc(Cl)c1NCc1ccc(F)c(F)c1. The van der Waals surface area contributed by atoms with Gasteiger partial charge in [0, 0.05) is 12.7 Å². The van der Waals surface area contributed by atoms with E-state index in [1.807, 2.05) is 13.0 Å². The van der Waals surface area contributed by atoms with Crippen LogP contribution in [0.3, 0.4) is 0 Å². The minimum Gasteiger partial charge on any atom is -0.378 e. The van der Waals surface area contributed by atoms with Gasteiger partial charge in [-0.05, 0) is 36.2 Å². The summed E-state index contributed by atoms with van der Waals surface area (Å²) in [7, 11) is 0. The maximum atomic E-state index is 13.0. The first-order valence-electron chi connectivity index (χ1n) is 5.37. The monoisotopic (exact) mass is 268 g/mol. The third kappa shape index (κ3) is 2.76. The van der Waals surface area contributed by atoms with Gasteiger partial charge in [0.25, 0.3) is 0 Å². The van der Waals surface area contributed by atoms with Crippen molar-refractivity contribution >= 4 is 17.3 Å². The summed E-state index contributed by atoms with van der Waals surface area (Å²) in [5.41, 5.74) is 2.27.